The Hall–Kier alpha value is -3.02. The van der Waals surface area contributed by atoms with Gasteiger partial charge in [-0.25, -0.2) is 4.79 Å². The van der Waals surface area contributed by atoms with Crippen molar-refractivity contribution < 1.29 is 9.59 Å². The minimum absolute atomic E-state index is 0.0386. The summed E-state index contributed by atoms with van der Waals surface area (Å²) in [6, 6.07) is 22.6. The molecule has 0 saturated carbocycles. The first-order valence-electron chi connectivity index (χ1n) is 11.4. The number of nitrogens with zero attached hydrogens (tertiary/aromatic N) is 2. The monoisotopic (exact) mass is 495 g/mol. The van der Waals surface area contributed by atoms with Gasteiger partial charge in [-0.2, -0.15) is 0 Å². The fourth-order valence-electron chi connectivity index (χ4n) is 4.24. The molecule has 1 N–H and O–H groups in total. The van der Waals surface area contributed by atoms with Crippen molar-refractivity contribution in [3.63, 3.8) is 0 Å². The van der Waals surface area contributed by atoms with Crippen LogP contribution in [0, 0.1) is 0 Å². The van der Waals surface area contributed by atoms with Crippen LogP contribution in [0.2, 0.25) is 10.0 Å². The van der Waals surface area contributed by atoms with E-state index in [2.05, 4.69) is 5.32 Å². The fraction of sp³-hybridized carbons (Fsp3) is 0.259. The first-order chi connectivity index (χ1) is 16.5. The van der Waals surface area contributed by atoms with Gasteiger partial charge in [-0.3, -0.25) is 9.69 Å². The second kappa shape index (κ2) is 10.9. The van der Waals surface area contributed by atoms with E-state index in [1.165, 1.54) is 0 Å². The highest BCUT2D eigenvalue weighted by Gasteiger charge is 2.27. The molecular formula is C27H27Cl2N3O2. The number of hydrogen-bond acceptors (Lipinski definition) is 2. The zero-order chi connectivity index (χ0) is 24.1. The summed E-state index contributed by atoms with van der Waals surface area (Å²) in [5, 5.41) is 3.99. The average molecular weight is 496 g/mol. The van der Waals surface area contributed by atoms with E-state index >= 15 is 0 Å². The van der Waals surface area contributed by atoms with Gasteiger partial charge in [-0.15, -0.1) is 0 Å². The number of carbonyl (C=O) groups is 2. The van der Waals surface area contributed by atoms with Crippen molar-refractivity contribution in [3.8, 4) is 0 Å². The normalized spacial score (nSPS) is 14.7. The third-order valence-electron chi connectivity index (χ3n) is 6.04. The summed E-state index contributed by atoms with van der Waals surface area (Å²) in [7, 11) is 0. The van der Waals surface area contributed by atoms with E-state index in [4.69, 9.17) is 23.2 Å². The Bertz CT molecular complexity index is 1150. The summed E-state index contributed by atoms with van der Waals surface area (Å²) >= 11 is 12.1. The number of halogens is 2. The summed E-state index contributed by atoms with van der Waals surface area (Å²) in [6.45, 7) is 3.81. The minimum Gasteiger partial charge on any atom is -0.326 e. The molecule has 0 bridgehead atoms. The fourth-order valence-corrected chi connectivity index (χ4v) is 4.56. The lowest BCUT2D eigenvalue weighted by Gasteiger charge is -2.35. The topological polar surface area (TPSA) is 52.7 Å². The van der Waals surface area contributed by atoms with Gasteiger partial charge in [0.1, 0.15) is 0 Å². The molecule has 4 rings (SSSR count). The highest BCUT2D eigenvalue weighted by molar-refractivity contribution is 6.42. The summed E-state index contributed by atoms with van der Waals surface area (Å²) < 4.78 is 0. The molecule has 1 fully saturated rings. The van der Waals surface area contributed by atoms with E-state index in [1.807, 2.05) is 72.5 Å². The second-order valence-electron chi connectivity index (χ2n) is 8.37. The van der Waals surface area contributed by atoms with Crippen molar-refractivity contribution in [2.24, 2.45) is 0 Å². The predicted octanol–water partition coefficient (Wildman–Crippen LogP) is 6.96. The van der Waals surface area contributed by atoms with Gasteiger partial charge in [-0.1, -0.05) is 66.5 Å². The minimum atomic E-state index is -0.209. The first kappa shape index (κ1) is 24.1. The second-order valence-corrected chi connectivity index (χ2v) is 9.18. The molecule has 176 valence electrons. The van der Waals surface area contributed by atoms with Crippen LogP contribution in [-0.2, 0) is 11.3 Å². The van der Waals surface area contributed by atoms with Crippen molar-refractivity contribution in [1.29, 1.82) is 0 Å². The lowest BCUT2D eigenvalue weighted by molar-refractivity contribution is -0.117. The summed E-state index contributed by atoms with van der Waals surface area (Å²) in [6.07, 6.45) is 1.58. The van der Waals surface area contributed by atoms with Crippen LogP contribution in [0.15, 0.2) is 72.8 Å². The average Bonchev–Trinajstić information content (AvgIpc) is 2.84. The summed E-state index contributed by atoms with van der Waals surface area (Å²) in [4.78, 5) is 29.6. The maximum atomic E-state index is 13.2. The Kier molecular flexibility index (Phi) is 7.76. The lowest BCUT2D eigenvalue weighted by Crippen LogP contribution is -2.49. The Balaban J connectivity index is 1.42. The molecule has 3 aromatic carbocycles. The van der Waals surface area contributed by atoms with Gasteiger partial charge in [0.25, 0.3) is 0 Å². The number of carbonyl (C=O) groups excluding carboxylic acids is 2. The van der Waals surface area contributed by atoms with Crippen LogP contribution in [0.1, 0.15) is 36.8 Å². The maximum absolute atomic E-state index is 13.2. The molecule has 0 aliphatic carbocycles. The maximum Gasteiger partial charge on any atom is 0.324 e. The zero-order valence-corrected chi connectivity index (χ0v) is 20.5. The van der Waals surface area contributed by atoms with Crippen molar-refractivity contribution in [3.05, 3.63) is 94.0 Å². The molecule has 1 saturated heterocycles. The number of urea groups is 1. The molecular weight excluding hydrogens is 469 g/mol. The van der Waals surface area contributed by atoms with Crippen LogP contribution in [0.25, 0.3) is 0 Å². The highest BCUT2D eigenvalue weighted by Crippen LogP contribution is 2.27. The Morgan fingerprint density at radius 1 is 0.971 bits per heavy atom. The molecule has 0 aromatic heterocycles. The zero-order valence-electron chi connectivity index (χ0n) is 19.0. The first-order valence-corrected chi connectivity index (χ1v) is 12.2. The molecule has 1 unspecified atom stereocenters. The van der Waals surface area contributed by atoms with Gasteiger partial charge in [-0.05, 0) is 60.4 Å². The van der Waals surface area contributed by atoms with Gasteiger partial charge in [0.05, 0.1) is 16.0 Å². The van der Waals surface area contributed by atoms with Crippen LogP contribution < -0.4 is 10.2 Å². The van der Waals surface area contributed by atoms with E-state index < -0.39 is 0 Å². The molecule has 1 aliphatic rings. The van der Waals surface area contributed by atoms with Gasteiger partial charge in [0, 0.05) is 31.0 Å². The molecule has 3 amide bonds. The molecule has 0 radical (unpaired) electrons. The molecule has 1 atom stereocenters. The molecule has 34 heavy (non-hydrogen) atoms. The Morgan fingerprint density at radius 3 is 2.38 bits per heavy atom. The van der Waals surface area contributed by atoms with E-state index in [-0.39, 0.29) is 17.9 Å². The SMILES string of the molecule is CCC(C(=O)Nc1ccc(N2CCCN(Cc3ccc(Cl)c(Cl)c3)C2=O)cc1)c1ccccc1. The lowest BCUT2D eigenvalue weighted by atomic mass is 9.95. The van der Waals surface area contributed by atoms with Crippen LogP contribution in [-0.4, -0.2) is 29.9 Å². The Labute approximate surface area is 210 Å². The predicted molar refractivity (Wildman–Crippen MR) is 139 cm³/mol. The van der Waals surface area contributed by atoms with Crippen LogP contribution >= 0.6 is 23.2 Å². The van der Waals surface area contributed by atoms with Gasteiger partial charge in [0.15, 0.2) is 0 Å². The third kappa shape index (κ3) is 5.54. The Morgan fingerprint density at radius 2 is 1.71 bits per heavy atom. The number of hydrogen-bond donors (Lipinski definition) is 1. The van der Waals surface area contributed by atoms with Crippen LogP contribution in [0.5, 0.6) is 0 Å². The highest BCUT2D eigenvalue weighted by atomic mass is 35.5. The molecule has 0 spiro atoms. The largest absolute Gasteiger partial charge is 0.326 e. The number of rotatable bonds is 7. The molecule has 7 heteroatoms. The molecule has 3 aromatic rings. The summed E-state index contributed by atoms with van der Waals surface area (Å²) in [5.41, 5.74) is 3.45. The number of benzene rings is 3. The van der Waals surface area contributed by atoms with E-state index in [0.29, 0.717) is 41.8 Å². The standard InChI is InChI=1S/C27H27Cl2N3O2/c1-2-23(20-7-4-3-5-8-20)26(33)30-21-10-12-22(13-11-21)32-16-6-15-31(27(32)34)18-19-9-14-24(28)25(29)17-19/h3-5,7-14,17,23H,2,6,15-16,18H2,1H3,(H,30,33). The summed E-state index contributed by atoms with van der Waals surface area (Å²) in [5.74, 6) is -0.247. The van der Waals surface area contributed by atoms with Gasteiger partial charge < -0.3 is 10.2 Å². The van der Waals surface area contributed by atoms with Crippen molar-refractivity contribution in [2.75, 3.05) is 23.3 Å². The number of nitrogens with one attached hydrogen (secondary N) is 1. The van der Waals surface area contributed by atoms with Crippen molar-refractivity contribution >= 4 is 46.5 Å². The number of amides is 3. The van der Waals surface area contributed by atoms with Crippen molar-refractivity contribution in [2.45, 2.75) is 32.2 Å². The quantitative estimate of drug-likeness (QED) is 0.385. The van der Waals surface area contributed by atoms with E-state index in [0.717, 1.165) is 23.2 Å². The molecule has 5 nitrogen and oxygen atoms in total. The third-order valence-corrected chi connectivity index (χ3v) is 6.78. The molecule has 1 heterocycles. The van der Waals surface area contributed by atoms with Gasteiger partial charge in [0.2, 0.25) is 5.91 Å². The van der Waals surface area contributed by atoms with Crippen molar-refractivity contribution in [1.82, 2.24) is 4.90 Å². The van der Waals surface area contributed by atoms with E-state index in [1.54, 1.807) is 17.0 Å². The number of anilines is 2. The van der Waals surface area contributed by atoms with Gasteiger partial charge >= 0.3 is 6.03 Å². The smallest absolute Gasteiger partial charge is 0.324 e. The van der Waals surface area contributed by atoms with Crippen LogP contribution in [0.4, 0.5) is 16.2 Å². The van der Waals surface area contributed by atoms with E-state index in [9.17, 15) is 9.59 Å². The molecule has 1 aliphatic heterocycles. The van der Waals surface area contributed by atoms with Crippen LogP contribution in [0.3, 0.4) is 0 Å².